The second kappa shape index (κ2) is 5.76. The monoisotopic (exact) mass is 416 g/mol. The van der Waals surface area contributed by atoms with E-state index in [0.29, 0.717) is 31.5 Å². The van der Waals surface area contributed by atoms with Gasteiger partial charge in [0.25, 0.3) is 0 Å². The van der Waals surface area contributed by atoms with Gasteiger partial charge in [0.1, 0.15) is 11.2 Å². The van der Waals surface area contributed by atoms with Crippen LogP contribution >= 0.6 is 0 Å². The molecule has 2 saturated heterocycles. The van der Waals surface area contributed by atoms with Gasteiger partial charge in [-0.05, 0) is 62.9 Å². The van der Waals surface area contributed by atoms with Crippen LogP contribution in [0.1, 0.15) is 72.1 Å². The lowest BCUT2D eigenvalue weighted by molar-refractivity contribution is -0.186. The molecule has 2 aliphatic heterocycles. The van der Waals surface area contributed by atoms with Crippen molar-refractivity contribution in [2.45, 2.75) is 94.7 Å². The van der Waals surface area contributed by atoms with E-state index in [2.05, 4.69) is 13.0 Å². The van der Waals surface area contributed by atoms with Crippen LogP contribution in [-0.2, 0) is 28.5 Å². The summed E-state index contributed by atoms with van der Waals surface area (Å²) in [5, 5.41) is 0. The van der Waals surface area contributed by atoms with Crippen LogP contribution in [0.2, 0.25) is 0 Å². The fourth-order valence-corrected chi connectivity index (χ4v) is 8.39. The molecule has 5 fully saturated rings. The van der Waals surface area contributed by atoms with Gasteiger partial charge in [0, 0.05) is 25.2 Å². The summed E-state index contributed by atoms with van der Waals surface area (Å²) in [5.74, 6) is -0.0745. The van der Waals surface area contributed by atoms with Crippen LogP contribution in [0.3, 0.4) is 0 Å². The number of carbonyl (C=O) groups is 2. The quantitative estimate of drug-likeness (QED) is 0.390. The molecule has 0 aromatic rings. The number of esters is 1. The number of fused-ring (bicyclic) bond motifs is 3. The van der Waals surface area contributed by atoms with Gasteiger partial charge in [-0.1, -0.05) is 13.0 Å². The van der Waals surface area contributed by atoms with Crippen LogP contribution < -0.4 is 0 Å². The molecule has 1 unspecified atom stereocenters. The third-order valence-corrected chi connectivity index (χ3v) is 9.68. The smallest absolute Gasteiger partial charge is 0.303 e. The Bertz CT molecular complexity index is 858. The Labute approximate surface area is 177 Å². The second-order valence-electron chi connectivity index (χ2n) is 10.8. The van der Waals surface area contributed by atoms with Crippen molar-refractivity contribution in [3.05, 3.63) is 11.6 Å². The predicted molar refractivity (Wildman–Crippen MR) is 106 cm³/mol. The first kappa shape index (κ1) is 19.4. The van der Waals surface area contributed by atoms with Gasteiger partial charge in [-0.2, -0.15) is 0 Å². The molecule has 0 N–H and O–H groups in total. The highest BCUT2D eigenvalue weighted by molar-refractivity contribution is 5.89. The average molecular weight is 417 g/mol. The van der Waals surface area contributed by atoms with E-state index in [1.165, 1.54) is 12.5 Å². The van der Waals surface area contributed by atoms with Gasteiger partial charge in [0.15, 0.2) is 17.2 Å². The van der Waals surface area contributed by atoms with Crippen LogP contribution in [0.5, 0.6) is 0 Å². The zero-order valence-electron chi connectivity index (χ0n) is 18.3. The molecule has 0 aromatic carbocycles. The maximum atomic E-state index is 12.8. The minimum absolute atomic E-state index is 0.0133. The molecule has 2 heterocycles. The third kappa shape index (κ3) is 2.11. The molecule has 6 rings (SSSR count). The molecule has 6 nitrogen and oxygen atoms in total. The van der Waals surface area contributed by atoms with Crippen molar-refractivity contribution in [3.8, 4) is 0 Å². The predicted octanol–water partition coefficient (Wildman–Crippen LogP) is 3.47. The number of carbonyl (C=O) groups excluding carboxylic acids is 2. The van der Waals surface area contributed by atoms with Crippen molar-refractivity contribution in [1.29, 1.82) is 0 Å². The molecule has 1 spiro atoms. The highest BCUT2D eigenvalue weighted by Crippen LogP contribution is 2.74. The van der Waals surface area contributed by atoms with Crippen molar-refractivity contribution >= 4 is 11.8 Å². The van der Waals surface area contributed by atoms with Crippen molar-refractivity contribution < 1.29 is 28.5 Å². The topological polar surface area (TPSA) is 74.4 Å². The molecule has 6 aliphatic rings. The van der Waals surface area contributed by atoms with Crippen LogP contribution in [0.15, 0.2) is 11.6 Å². The maximum absolute atomic E-state index is 12.8. The molecule has 0 amide bonds. The highest BCUT2D eigenvalue weighted by Gasteiger charge is 2.80. The number of hydrogen-bond donors (Lipinski definition) is 0. The summed E-state index contributed by atoms with van der Waals surface area (Å²) in [6.07, 6.45) is 9.38. The van der Waals surface area contributed by atoms with Gasteiger partial charge in [-0.15, -0.1) is 0 Å². The Morgan fingerprint density at radius 1 is 1.07 bits per heavy atom. The number of ketones is 1. The summed E-state index contributed by atoms with van der Waals surface area (Å²) in [5.41, 5.74) is -0.202. The maximum Gasteiger partial charge on any atom is 0.303 e. The largest absolute Gasteiger partial charge is 0.451 e. The Morgan fingerprint density at radius 2 is 1.83 bits per heavy atom. The average Bonchev–Trinajstić information content (AvgIpc) is 3.00. The molecule has 6 heteroatoms. The second-order valence-corrected chi connectivity index (χ2v) is 10.8. The summed E-state index contributed by atoms with van der Waals surface area (Å²) >= 11 is 0. The molecule has 3 saturated carbocycles. The SMILES string of the molecule is CC(=O)O[C@]1(C(C)=O)CC[C@H]2[C@@H]3CCC45CC6(CC[C@@]4(O5)C3=CC[C@@]21C)OCCO6. The molecule has 0 radical (unpaired) electrons. The minimum atomic E-state index is -0.996. The fourth-order valence-electron chi connectivity index (χ4n) is 8.39. The summed E-state index contributed by atoms with van der Waals surface area (Å²) in [4.78, 5) is 24.8. The van der Waals surface area contributed by atoms with Gasteiger partial charge >= 0.3 is 5.97 Å². The first-order valence-electron chi connectivity index (χ1n) is 11.6. The van der Waals surface area contributed by atoms with Gasteiger partial charge < -0.3 is 18.9 Å². The van der Waals surface area contributed by atoms with Crippen molar-refractivity contribution in [3.63, 3.8) is 0 Å². The first-order chi connectivity index (χ1) is 14.2. The number of ether oxygens (including phenoxy) is 4. The molecular formula is C24H32O6. The van der Waals surface area contributed by atoms with Crippen molar-refractivity contribution in [2.75, 3.05) is 13.2 Å². The Balaban J connectivity index is 1.35. The van der Waals surface area contributed by atoms with E-state index in [4.69, 9.17) is 18.9 Å². The number of allylic oxidation sites excluding steroid dienone is 1. The van der Waals surface area contributed by atoms with E-state index in [1.807, 2.05) is 0 Å². The third-order valence-electron chi connectivity index (χ3n) is 9.68. The summed E-state index contributed by atoms with van der Waals surface area (Å²) < 4.78 is 24.5. The lowest BCUT2D eigenvalue weighted by Crippen LogP contribution is -2.57. The van der Waals surface area contributed by atoms with Crippen molar-refractivity contribution in [1.82, 2.24) is 0 Å². The van der Waals surface area contributed by atoms with Gasteiger partial charge in [-0.3, -0.25) is 9.59 Å². The Hall–Kier alpha value is -1.24. The molecule has 0 aromatic heterocycles. The van der Waals surface area contributed by atoms with Gasteiger partial charge in [0.2, 0.25) is 0 Å². The lowest BCUT2D eigenvalue weighted by Gasteiger charge is -2.52. The molecule has 30 heavy (non-hydrogen) atoms. The first-order valence-corrected chi connectivity index (χ1v) is 11.6. The molecule has 4 aliphatic carbocycles. The fraction of sp³-hybridized carbons (Fsp3) is 0.833. The Kier molecular flexibility index (Phi) is 3.73. The number of Topliss-reactive ketones (excluding diaryl/α,β-unsaturated/α-hetero) is 1. The molecule has 0 bridgehead atoms. The Morgan fingerprint density at radius 3 is 2.53 bits per heavy atom. The summed E-state index contributed by atoms with van der Waals surface area (Å²) in [7, 11) is 0. The van der Waals surface area contributed by atoms with E-state index in [-0.39, 0.29) is 28.4 Å². The van der Waals surface area contributed by atoms with E-state index >= 15 is 0 Å². The summed E-state index contributed by atoms with van der Waals surface area (Å²) in [6.45, 7) is 6.54. The normalized spacial score (nSPS) is 50.0. The molecule has 6 atom stereocenters. The van der Waals surface area contributed by atoms with Gasteiger partial charge in [-0.25, -0.2) is 0 Å². The zero-order chi connectivity index (χ0) is 21.0. The minimum Gasteiger partial charge on any atom is -0.451 e. The highest BCUT2D eigenvalue weighted by atomic mass is 16.7. The van der Waals surface area contributed by atoms with Crippen LogP contribution in [0.4, 0.5) is 0 Å². The molecule has 164 valence electrons. The number of epoxide rings is 1. The standard InChI is InChI=1S/C24H32O6/c1-15(25)23(29-16(2)26)9-6-18-17-4-8-21-14-22(27-12-13-28-22)10-11-24(21,30-21)19(17)5-7-20(18,23)3/h5,17-18H,4,6-14H2,1-3H3/t17-,18-,20-,21?,23-,24+/m0/s1. The van der Waals surface area contributed by atoms with Crippen LogP contribution in [0, 0.1) is 17.3 Å². The van der Waals surface area contributed by atoms with Crippen LogP contribution in [-0.4, -0.2) is 47.6 Å². The summed E-state index contributed by atoms with van der Waals surface area (Å²) in [6, 6.07) is 0. The van der Waals surface area contributed by atoms with Gasteiger partial charge in [0.05, 0.1) is 13.2 Å². The van der Waals surface area contributed by atoms with Crippen molar-refractivity contribution in [2.24, 2.45) is 17.3 Å². The van der Waals surface area contributed by atoms with E-state index < -0.39 is 11.4 Å². The van der Waals surface area contributed by atoms with E-state index in [9.17, 15) is 9.59 Å². The number of rotatable bonds is 2. The van der Waals surface area contributed by atoms with E-state index in [0.717, 1.165) is 44.9 Å². The molecular weight excluding hydrogens is 384 g/mol. The zero-order valence-corrected chi connectivity index (χ0v) is 18.3. The lowest BCUT2D eigenvalue weighted by atomic mass is 9.52. The van der Waals surface area contributed by atoms with E-state index in [1.54, 1.807) is 6.92 Å². The number of hydrogen-bond acceptors (Lipinski definition) is 6. The van der Waals surface area contributed by atoms with Crippen LogP contribution in [0.25, 0.3) is 0 Å².